The molecule has 2 atom stereocenters. The molecule has 2 aromatic rings. The van der Waals surface area contributed by atoms with Gasteiger partial charge < -0.3 is 14.8 Å². The largest absolute Gasteiger partial charge is 0.497 e. The van der Waals surface area contributed by atoms with Crippen molar-refractivity contribution in [1.82, 2.24) is 5.32 Å². The number of amides is 1. The van der Waals surface area contributed by atoms with Gasteiger partial charge in [-0.15, -0.1) is 11.8 Å². The molecule has 6 nitrogen and oxygen atoms in total. The van der Waals surface area contributed by atoms with E-state index in [2.05, 4.69) is 11.4 Å². The third kappa shape index (κ3) is 4.47. The Morgan fingerprint density at radius 2 is 1.97 bits per heavy atom. The van der Waals surface area contributed by atoms with Crippen molar-refractivity contribution in [3.63, 3.8) is 0 Å². The van der Waals surface area contributed by atoms with Gasteiger partial charge in [-0.1, -0.05) is 24.3 Å². The van der Waals surface area contributed by atoms with Crippen molar-refractivity contribution < 1.29 is 23.5 Å². The molecule has 1 N–H and O–H groups in total. The van der Waals surface area contributed by atoms with Crippen LogP contribution in [-0.2, 0) is 20.1 Å². The quantitative estimate of drug-likeness (QED) is 0.562. The van der Waals surface area contributed by atoms with Crippen LogP contribution in [0.5, 0.6) is 5.75 Å². The van der Waals surface area contributed by atoms with Gasteiger partial charge in [0.2, 0.25) is 5.91 Å². The number of thioether (sulfide) groups is 1. The first-order valence-corrected chi connectivity index (χ1v) is 10.0. The Balaban J connectivity index is 2.01. The summed E-state index contributed by atoms with van der Waals surface area (Å²) < 4.78 is 23.4. The van der Waals surface area contributed by atoms with E-state index >= 15 is 0 Å². The number of carbonyl (C=O) groups excluding carboxylic acids is 2. The van der Waals surface area contributed by atoms with Crippen LogP contribution in [0.3, 0.4) is 0 Å². The van der Waals surface area contributed by atoms with Crippen molar-refractivity contribution >= 4 is 23.6 Å². The fraction of sp³-hybridized carbons (Fsp3) is 0.227. The molecule has 0 spiro atoms. The van der Waals surface area contributed by atoms with Crippen LogP contribution in [0, 0.1) is 23.1 Å². The average molecular weight is 426 g/mol. The number of rotatable bonds is 6. The van der Waals surface area contributed by atoms with Crippen LogP contribution in [0.1, 0.15) is 17.0 Å². The maximum atomic E-state index is 13.5. The molecule has 2 aromatic carbocycles. The SMILES string of the molecule is COC(=O)[C@H]1C(=O)NC(SCc2cccc(F)c2)=C(C#N)[C@@H]1c1ccc(OC)cc1. The highest BCUT2D eigenvalue weighted by Gasteiger charge is 2.44. The Bertz CT molecular complexity index is 1030. The Hall–Kier alpha value is -3.31. The zero-order chi connectivity index (χ0) is 21.7. The van der Waals surface area contributed by atoms with Crippen molar-refractivity contribution in [2.45, 2.75) is 11.7 Å². The molecule has 0 aromatic heterocycles. The van der Waals surface area contributed by atoms with E-state index in [1.165, 1.54) is 38.1 Å². The van der Waals surface area contributed by atoms with Crippen molar-refractivity contribution in [2.75, 3.05) is 14.2 Å². The summed E-state index contributed by atoms with van der Waals surface area (Å²) >= 11 is 1.20. The molecule has 1 aliphatic rings. The molecular formula is C22H19FN2O4S. The van der Waals surface area contributed by atoms with E-state index in [1.54, 1.807) is 36.4 Å². The summed E-state index contributed by atoms with van der Waals surface area (Å²) in [5.41, 5.74) is 1.56. The van der Waals surface area contributed by atoms with E-state index in [9.17, 15) is 19.2 Å². The Kier molecular flexibility index (Phi) is 6.75. The van der Waals surface area contributed by atoms with Crippen LogP contribution in [0.4, 0.5) is 4.39 Å². The molecule has 0 aliphatic carbocycles. The van der Waals surface area contributed by atoms with Gasteiger partial charge in [0, 0.05) is 11.7 Å². The van der Waals surface area contributed by atoms with Gasteiger partial charge in [0.25, 0.3) is 0 Å². The van der Waals surface area contributed by atoms with Crippen LogP contribution in [-0.4, -0.2) is 26.1 Å². The third-order valence-corrected chi connectivity index (χ3v) is 5.82. The second-order valence-electron chi connectivity index (χ2n) is 6.51. The number of halogens is 1. The molecular weight excluding hydrogens is 407 g/mol. The maximum Gasteiger partial charge on any atom is 0.319 e. The molecule has 0 radical (unpaired) electrons. The fourth-order valence-corrected chi connectivity index (χ4v) is 4.26. The highest BCUT2D eigenvalue weighted by atomic mass is 32.2. The lowest BCUT2D eigenvalue weighted by Gasteiger charge is -2.31. The Morgan fingerprint density at radius 3 is 2.57 bits per heavy atom. The standard InChI is InChI=1S/C22H19FN2O4S/c1-28-16-8-6-14(7-9-16)18-17(11-24)21(25-20(26)19(18)22(27)29-2)30-12-13-4-3-5-15(23)10-13/h3-10,18-19H,12H2,1-2H3,(H,25,26)/t18-,19+/m0/s1. The first kappa shape index (κ1) is 21.4. The van der Waals surface area contributed by atoms with Gasteiger partial charge in [-0.2, -0.15) is 5.26 Å². The van der Waals surface area contributed by atoms with Crippen LogP contribution in [0.2, 0.25) is 0 Å². The fourth-order valence-electron chi connectivity index (χ4n) is 3.27. The van der Waals surface area contributed by atoms with Crippen LogP contribution >= 0.6 is 11.8 Å². The minimum absolute atomic E-state index is 0.247. The second kappa shape index (κ2) is 9.46. The van der Waals surface area contributed by atoms with E-state index in [1.807, 2.05) is 0 Å². The number of hydrogen-bond donors (Lipinski definition) is 1. The number of nitrogens with one attached hydrogen (secondary N) is 1. The summed E-state index contributed by atoms with van der Waals surface area (Å²) in [5, 5.41) is 12.9. The summed E-state index contributed by atoms with van der Waals surface area (Å²) in [7, 11) is 2.73. The number of nitriles is 1. The smallest absolute Gasteiger partial charge is 0.319 e. The van der Waals surface area contributed by atoms with E-state index in [4.69, 9.17) is 9.47 Å². The normalized spacial score (nSPS) is 18.4. The minimum atomic E-state index is -1.20. The van der Waals surface area contributed by atoms with Gasteiger partial charge in [0.05, 0.1) is 30.9 Å². The maximum absolute atomic E-state index is 13.5. The van der Waals surface area contributed by atoms with Crippen LogP contribution in [0.25, 0.3) is 0 Å². The number of allylic oxidation sites excluding steroid dienone is 1. The molecule has 154 valence electrons. The summed E-state index contributed by atoms with van der Waals surface area (Å²) in [6, 6.07) is 15.0. The summed E-state index contributed by atoms with van der Waals surface area (Å²) in [4.78, 5) is 25.2. The lowest BCUT2D eigenvalue weighted by atomic mass is 9.78. The van der Waals surface area contributed by atoms with E-state index in [-0.39, 0.29) is 11.4 Å². The molecule has 1 heterocycles. The van der Waals surface area contributed by atoms with Crippen molar-refractivity contribution in [1.29, 1.82) is 5.26 Å². The molecule has 1 aliphatic heterocycles. The van der Waals surface area contributed by atoms with Crippen molar-refractivity contribution in [3.8, 4) is 11.8 Å². The molecule has 0 bridgehead atoms. The number of esters is 1. The predicted molar refractivity (Wildman–Crippen MR) is 110 cm³/mol. The number of benzene rings is 2. The highest BCUT2D eigenvalue weighted by Crippen LogP contribution is 2.41. The lowest BCUT2D eigenvalue weighted by molar-refractivity contribution is -0.150. The number of carbonyl (C=O) groups is 2. The lowest BCUT2D eigenvalue weighted by Crippen LogP contribution is -2.44. The molecule has 8 heteroatoms. The first-order valence-electron chi connectivity index (χ1n) is 9.02. The van der Waals surface area contributed by atoms with Gasteiger partial charge >= 0.3 is 5.97 Å². The number of ether oxygens (including phenoxy) is 2. The first-order chi connectivity index (χ1) is 14.5. The molecule has 3 rings (SSSR count). The Labute approximate surface area is 177 Å². The van der Waals surface area contributed by atoms with Crippen molar-refractivity contribution in [3.05, 3.63) is 76.1 Å². The zero-order valence-corrected chi connectivity index (χ0v) is 17.2. The topological polar surface area (TPSA) is 88.4 Å². The van der Waals surface area contributed by atoms with Gasteiger partial charge in [-0.05, 0) is 35.4 Å². The average Bonchev–Trinajstić information content (AvgIpc) is 2.76. The van der Waals surface area contributed by atoms with E-state index < -0.39 is 23.7 Å². The molecule has 0 fully saturated rings. The van der Waals surface area contributed by atoms with Gasteiger partial charge in [0.1, 0.15) is 17.5 Å². The molecule has 0 saturated heterocycles. The number of hydrogen-bond acceptors (Lipinski definition) is 6. The zero-order valence-electron chi connectivity index (χ0n) is 16.3. The van der Waals surface area contributed by atoms with Crippen LogP contribution < -0.4 is 10.1 Å². The highest BCUT2D eigenvalue weighted by molar-refractivity contribution is 8.02. The summed E-state index contributed by atoms with van der Waals surface area (Å²) in [6.07, 6.45) is 0. The van der Waals surface area contributed by atoms with Gasteiger partial charge in [0.15, 0.2) is 0 Å². The molecule has 30 heavy (non-hydrogen) atoms. The predicted octanol–water partition coefficient (Wildman–Crippen LogP) is 3.51. The third-order valence-electron chi connectivity index (χ3n) is 4.73. The molecule has 0 unspecified atom stereocenters. The molecule has 1 amide bonds. The van der Waals surface area contributed by atoms with E-state index in [0.717, 1.165) is 0 Å². The van der Waals surface area contributed by atoms with Gasteiger partial charge in [-0.25, -0.2) is 4.39 Å². The Morgan fingerprint density at radius 1 is 1.23 bits per heavy atom. The number of nitrogens with zero attached hydrogens (tertiary/aromatic N) is 1. The molecule has 0 saturated carbocycles. The summed E-state index contributed by atoms with van der Waals surface area (Å²) in [5.74, 6) is -2.70. The summed E-state index contributed by atoms with van der Waals surface area (Å²) in [6.45, 7) is 0. The minimum Gasteiger partial charge on any atom is -0.497 e. The second-order valence-corrected chi connectivity index (χ2v) is 7.50. The monoisotopic (exact) mass is 426 g/mol. The van der Waals surface area contributed by atoms with Gasteiger partial charge in [-0.3, -0.25) is 9.59 Å². The van der Waals surface area contributed by atoms with E-state index in [0.29, 0.717) is 27.7 Å². The van der Waals surface area contributed by atoms with Crippen molar-refractivity contribution in [2.24, 2.45) is 5.92 Å². The number of methoxy groups -OCH3 is 2. The van der Waals surface area contributed by atoms with Crippen LogP contribution in [0.15, 0.2) is 59.1 Å².